The van der Waals surface area contributed by atoms with E-state index in [4.69, 9.17) is 0 Å². The van der Waals surface area contributed by atoms with Crippen molar-refractivity contribution >= 4 is 23.3 Å². The Bertz CT molecular complexity index is 900. The highest BCUT2D eigenvalue weighted by Crippen LogP contribution is 2.51. The minimum Gasteiger partial charge on any atom is -0.174 e. The molecule has 0 atom stereocenters. The van der Waals surface area contributed by atoms with E-state index in [9.17, 15) is 0 Å². The van der Waals surface area contributed by atoms with E-state index in [1.54, 1.807) is 0 Å². The predicted octanol–water partition coefficient (Wildman–Crippen LogP) is 4.99. The number of nitrogens with one attached hydrogen (secondary N) is 1. The first-order valence-corrected chi connectivity index (χ1v) is 11.4. The average Bonchev–Trinajstić information content (AvgIpc) is 2.78. The lowest BCUT2D eigenvalue weighted by Crippen LogP contribution is -2.40. The Morgan fingerprint density at radius 1 is 0.536 bits per heavy atom. The summed E-state index contributed by atoms with van der Waals surface area (Å²) in [5.41, 5.74) is 2.59. The molecule has 0 unspecified atom stereocenters. The van der Waals surface area contributed by atoms with Crippen LogP contribution in [0.5, 0.6) is 0 Å². The standard InChI is InChI=1S/C26H25NP/c1-22-17-19-23(20-18-22)21-27-28(24-11-5-2-6-12-24,25-13-7-3-8-14-25)26-15-9-4-10-16-26/h2-20,27H,21H2,1H3/q+1. The van der Waals surface area contributed by atoms with Gasteiger partial charge in [0.15, 0.2) is 7.41 Å². The van der Waals surface area contributed by atoms with Crippen LogP contribution in [0.1, 0.15) is 11.1 Å². The summed E-state index contributed by atoms with van der Waals surface area (Å²) >= 11 is 0. The predicted molar refractivity (Wildman–Crippen MR) is 123 cm³/mol. The van der Waals surface area contributed by atoms with Crippen LogP contribution in [0.2, 0.25) is 0 Å². The molecule has 0 bridgehead atoms. The van der Waals surface area contributed by atoms with Gasteiger partial charge in [-0.2, -0.15) is 5.09 Å². The lowest BCUT2D eigenvalue weighted by Gasteiger charge is -2.28. The summed E-state index contributed by atoms with van der Waals surface area (Å²) in [6, 6.07) is 41.5. The van der Waals surface area contributed by atoms with Crippen molar-refractivity contribution in [3.63, 3.8) is 0 Å². The molecule has 0 heterocycles. The summed E-state index contributed by atoms with van der Waals surface area (Å²) in [5.74, 6) is 0. The summed E-state index contributed by atoms with van der Waals surface area (Å²) in [7, 11) is -1.98. The van der Waals surface area contributed by atoms with Crippen LogP contribution in [-0.2, 0) is 6.54 Å². The van der Waals surface area contributed by atoms with Crippen molar-refractivity contribution < 1.29 is 0 Å². The van der Waals surface area contributed by atoms with Gasteiger partial charge in [-0.1, -0.05) is 84.4 Å². The molecular formula is C26H25NP+. The van der Waals surface area contributed by atoms with Crippen molar-refractivity contribution in [3.05, 3.63) is 126 Å². The highest BCUT2D eigenvalue weighted by molar-refractivity contribution is 7.94. The van der Waals surface area contributed by atoms with Gasteiger partial charge in [0.05, 0.1) is 6.54 Å². The molecule has 4 aromatic carbocycles. The van der Waals surface area contributed by atoms with E-state index in [-0.39, 0.29) is 0 Å². The first-order valence-electron chi connectivity index (χ1n) is 9.65. The van der Waals surface area contributed by atoms with E-state index < -0.39 is 7.41 Å². The Balaban J connectivity index is 1.86. The Labute approximate surface area is 168 Å². The Morgan fingerprint density at radius 3 is 1.32 bits per heavy atom. The van der Waals surface area contributed by atoms with E-state index in [0.29, 0.717) is 0 Å². The van der Waals surface area contributed by atoms with Crippen molar-refractivity contribution in [3.8, 4) is 0 Å². The Kier molecular flexibility index (Phi) is 5.67. The highest BCUT2D eigenvalue weighted by Gasteiger charge is 2.45. The third-order valence-electron chi connectivity index (χ3n) is 5.07. The fraction of sp³-hybridized carbons (Fsp3) is 0.0769. The zero-order chi connectivity index (χ0) is 19.2. The Hall–Kier alpha value is -2.73. The van der Waals surface area contributed by atoms with Crippen molar-refractivity contribution in [1.29, 1.82) is 0 Å². The normalized spacial score (nSPS) is 11.3. The zero-order valence-electron chi connectivity index (χ0n) is 16.1. The van der Waals surface area contributed by atoms with Crippen LogP contribution in [0.25, 0.3) is 0 Å². The van der Waals surface area contributed by atoms with Gasteiger partial charge >= 0.3 is 0 Å². The second-order valence-electron chi connectivity index (χ2n) is 7.00. The lowest BCUT2D eigenvalue weighted by molar-refractivity contribution is 0.960. The fourth-order valence-corrected chi connectivity index (χ4v) is 7.31. The number of rotatable bonds is 6. The summed E-state index contributed by atoms with van der Waals surface area (Å²) in [6.07, 6.45) is 0. The van der Waals surface area contributed by atoms with Crippen LogP contribution < -0.4 is 21.0 Å². The van der Waals surface area contributed by atoms with Gasteiger partial charge in [0.2, 0.25) is 0 Å². The van der Waals surface area contributed by atoms with Crippen LogP contribution in [0.4, 0.5) is 0 Å². The second kappa shape index (κ2) is 8.52. The van der Waals surface area contributed by atoms with Gasteiger partial charge in [0, 0.05) is 0 Å². The molecule has 0 radical (unpaired) electrons. The third kappa shape index (κ3) is 3.78. The largest absolute Gasteiger partial charge is 0.178 e. The first kappa shape index (κ1) is 18.6. The molecule has 4 aromatic rings. The van der Waals surface area contributed by atoms with Gasteiger partial charge in [0.25, 0.3) is 0 Å². The van der Waals surface area contributed by atoms with Crippen molar-refractivity contribution in [2.24, 2.45) is 0 Å². The van der Waals surface area contributed by atoms with Gasteiger partial charge in [-0.05, 0) is 48.9 Å². The maximum Gasteiger partial charge on any atom is 0.178 e. The molecule has 28 heavy (non-hydrogen) atoms. The molecule has 1 nitrogen and oxygen atoms in total. The van der Waals surface area contributed by atoms with E-state index in [1.807, 2.05) is 0 Å². The number of hydrogen-bond acceptors (Lipinski definition) is 1. The van der Waals surface area contributed by atoms with Crippen LogP contribution in [-0.4, -0.2) is 0 Å². The molecule has 0 aromatic heterocycles. The number of aryl methyl sites for hydroxylation is 1. The summed E-state index contributed by atoms with van der Waals surface area (Å²) in [6.45, 7) is 2.96. The first-order chi connectivity index (χ1) is 13.8. The summed E-state index contributed by atoms with van der Waals surface area (Å²) in [5, 5.41) is 8.07. The molecule has 0 aliphatic carbocycles. The van der Waals surface area contributed by atoms with Crippen molar-refractivity contribution in [2.45, 2.75) is 13.5 Å². The fourth-order valence-electron chi connectivity index (χ4n) is 3.59. The summed E-state index contributed by atoms with van der Waals surface area (Å²) < 4.78 is 0. The maximum absolute atomic E-state index is 4.03. The number of benzene rings is 4. The maximum atomic E-state index is 4.03. The molecular weight excluding hydrogens is 357 g/mol. The highest BCUT2D eigenvalue weighted by atomic mass is 31.2. The summed E-state index contributed by atoms with van der Waals surface area (Å²) in [4.78, 5) is 0. The van der Waals surface area contributed by atoms with E-state index in [1.165, 1.54) is 27.0 Å². The SMILES string of the molecule is Cc1ccc(CN[P+](c2ccccc2)(c2ccccc2)c2ccccc2)cc1. The number of hydrogen-bond donors (Lipinski definition) is 1. The van der Waals surface area contributed by atoms with Crippen LogP contribution >= 0.6 is 7.41 Å². The van der Waals surface area contributed by atoms with Gasteiger partial charge in [0.1, 0.15) is 15.9 Å². The zero-order valence-corrected chi connectivity index (χ0v) is 17.0. The Morgan fingerprint density at radius 2 is 0.929 bits per heavy atom. The molecule has 138 valence electrons. The second-order valence-corrected chi connectivity index (χ2v) is 10.2. The van der Waals surface area contributed by atoms with Gasteiger partial charge in [-0.15, -0.1) is 0 Å². The molecule has 0 spiro atoms. The van der Waals surface area contributed by atoms with Crippen molar-refractivity contribution in [2.75, 3.05) is 0 Å². The van der Waals surface area contributed by atoms with E-state index in [0.717, 1.165) is 6.54 Å². The molecule has 0 aliphatic heterocycles. The molecule has 0 saturated heterocycles. The molecule has 4 rings (SSSR count). The smallest absolute Gasteiger partial charge is 0.174 e. The lowest BCUT2D eigenvalue weighted by atomic mass is 10.2. The van der Waals surface area contributed by atoms with E-state index >= 15 is 0 Å². The average molecular weight is 382 g/mol. The topological polar surface area (TPSA) is 12.0 Å². The molecule has 0 aliphatic rings. The minimum absolute atomic E-state index is 0.826. The molecule has 2 heteroatoms. The molecule has 0 amide bonds. The van der Waals surface area contributed by atoms with Crippen LogP contribution in [0.15, 0.2) is 115 Å². The quantitative estimate of drug-likeness (QED) is 0.463. The monoisotopic (exact) mass is 382 g/mol. The molecule has 0 saturated carbocycles. The minimum atomic E-state index is -1.98. The third-order valence-corrected chi connectivity index (χ3v) is 8.92. The van der Waals surface area contributed by atoms with Crippen LogP contribution in [0.3, 0.4) is 0 Å². The van der Waals surface area contributed by atoms with E-state index in [2.05, 4.69) is 127 Å². The van der Waals surface area contributed by atoms with Crippen LogP contribution in [0, 0.1) is 6.92 Å². The van der Waals surface area contributed by atoms with Gasteiger partial charge in [-0.3, -0.25) is 0 Å². The molecule has 0 fully saturated rings. The van der Waals surface area contributed by atoms with Gasteiger partial charge < -0.3 is 0 Å². The van der Waals surface area contributed by atoms with Crippen molar-refractivity contribution in [1.82, 2.24) is 5.09 Å². The molecule has 1 N–H and O–H groups in total. The van der Waals surface area contributed by atoms with Gasteiger partial charge in [-0.25, -0.2) is 0 Å².